The highest BCUT2D eigenvalue weighted by atomic mass is 35.5. The Morgan fingerprint density at radius 3 is 2.93 bits per heavy atom. The lowest BCUT2D eigenvalue weighted by Crippen LogP contribution is -2.20. The van der Waals surface area contributed by atoms with Crippen molar-refractivity contribution in [2.45, 2.75) is 0 Å². The van der Waals surface area contributed by atoms with E-state index in [1.165, 1.54) is 12.1 Å². The van der Waals surface area contributed by atoms with Gasteiger partial charge in [0.05, 0.1) is 5.02 Å². The second-order valence-corrected chi connectivity index (χ2v) is 2.90. The first-order valence-corrected chi connectivity index (χ1v) is 4.08. The Kier molecular flexibility index (Phi) is 3.82. The van der Waals surface area contributed by atoms with Crippen molar-refractivity contribution < 1.29 is 14.0 Å². The normalized spacial score (nSPS) is 9.93. The van der Waals surface area contributed by atoms with Crippen LogP contribution in [-0.2, 0) is 9.63 Å². The molecule has 1 amide bonds. The molecule has 0 saturated heterocycles. The highest BCUT2D eigenvalue weighted by Gasteiger charge is 2.04. The standard InChI is InChI=1S/C8H8ClFN2O2/c9-6-3-5(1-2-7(6)10)12-8(13)4-14-11/h1-3H,4,11H2,(H,12,13). The van der Waals surface area contributed by atoms with Gasteiger partial charge >= 0.3 is 0 Å². The molecule has 0 aliphatic rings. The number of amides is 1. The Morgan fingerprint density at radius 2 is 2.36 bits per heavy atom. The molecule has 4 nitrogen and oxygen atoms in total. The van der Waals surface area contributed by atoms with Crippen LogP contribution >= 0.6 is 11.6 Å². The summed E-state index contributed by atoms with van der Waals surface area (Å²) in [7, 11) is 0. The minimum atomic E-state index is -0.542. The Labute approximate surface area is 84.7 Å². The monoisotopic (exact) mass is 218 g/mol. The molecule has 6 heteroatoms. The van der Waals surface area contributed by atoms with Crippen LogP contribution in [0.2, 0.25) is 5.02 Å². The van der Waals surface area contributed by atoms with Crippen molar-refractivity contribution in [3.05, 3.63) is 29.0 Å². The highest BCUT2D eigenvalue weighted by molar-refractivity contribution is 6.31. The van der Waals surface area contributed by atoms with Crippen LogP contribution in [0.1, 0.15) is 0 Å². The smallest absolute Gasteiger partial charge is 0.252 e. The van der Waals surface area contributed by atoms with Crippen LogP contribution in [0, 0.1) is 5.82 Å². The molecular weight excluding hydrogens is 211 g/mol. The zero-order chi connectivity index (χ0) is 10.6. The average molecular weight is 219 g/mol. The maximum absolute atomic E-state index is 12.7. The molecule has 3 N–H and O–H groups in total. The van der Waals surface area contributed by atoms with Gasteiger partial charge in [0, 0.05) is 5.69 Å². The molecule has 14 heavy (non-hydrogen) atoms. The minimum absolute atomic E-state index is 0.0588. The van der Waals surface area contributed by atoms with Gasteiger partial charge in [0.2, 0.25) is 0 Å². The van der Waals surface area contributed by atoms with Gasteiger partial charge in [-0.15, -0.1) is 0 Å². The van der Waals surface area contributed by atoms with E-state index in [0.717, 1.165) is 6.07 Å². The number of carbonyl (C=O) groups is 1. The molecule has 1 aromatic carbocycles. The lowest BCUT2D eigenvalue weighted by Gasteiger charge is -2.04. The van der Waals surface area contributed by atoms with Gasteiger partial charge in [0.15, 0.2) is 0 Å². The van der Waals surface area contributed by atoms with Gasteiger partial charge in [-0.3, -0.25) is 9.63 Å². The van der Waals surface area contributed by atoms with E-state index in [2.05, 4.69) is 10.2 Å². The molecule has 0 unspecified atom stereocenters. The van der Waals surface area contributed by atoms with E-state index in [4.69, 9.17) is 17.5 Å². The van der Waals surface area contributed by atoms with E-state index in [9.17, 15) is 9.18 Å². The van der Waals surface area contributed by atoms with Crippen LogP contribution in [0.3, 0.4) is 0 Å². The topological polar surface area (TPSA) is 64.3 Å². The van der Waals surface area contributed by atoms with E-state index < -0.39 is 11.7 Å². The van der Waals surface area contributed by atoms with E-state index in [-0.39, 0.29) is 11.6 Å². The number of halogens is 2. The van der Waals surface area contributed by atoms with Crippen molar-refractivity contribution in [1.82, 2.24) is 0 Å². The molecule has 0 radical (unpaired) electrons. The predicted molar refractivity (Wildman–Crippen MR) is 50.2 cm³/mol. The van der Waals surface area contributed by atoms with Crippen LogP contribution in [0.4, 0.5) is 10.1 Å². The van der Waals surface area contributed by atoms with Crippen LogP contribution in [-0.4, -0.2) is 12.5 Å². The van der Waals surface area contributed by atoms with Crippen LogP contribution in [0.25, 0.3) is 0 Å². The Morgan fingerprint density at radius 1 is 1.64 bits per heavy atom. The third kappa shape index (κ3) is 2.95. The average Bonchev–Trinajstić information content (AvgIpc) is 2.12. The fourth-order valence-corrected chi connectivity index (χ4v) is 1.03. The molecule has 0 spiro atoms. The third-order valence-corrected chi connectivity index (χ3v) is 1.71. The number of nitrogens with two attached hydrogens (primary N) is 1. The highest BCUT2D eigenvalue weighted by Crippen LogP contribution is 2.19. The molecule has 0 fully saturated rings. The van der Waals surface area contributed by atoms with Crippen LogP contribution in [0.5, 0.6) is 0 Å². The van der Waals surface area contributed by atoms with Gasteiger partial charge in [0.1, 0.15) is 12.4 Å². The van der Waals surface area contributed by atoms with Gasteiger partial charge in [-0.2, -0.15) is 0 Å². The summed E-state index contributed by atoms with van der Waals surface area (Å²) < 4.78 is 12.7. The number of hydrogen-bond donors (Lipinski definition) is 2. The molecule has 1 aromatic rings. The molecule has 0 aromatic heterocycles. The number of benzene rings is 1. The molecule has 0 saturated carbocycles. The fraction of sp³-hybridized carbons (Fsp3) is 0.125. The van der Waals surface area contributed by atoms with Gasteiger partial charge < -0.3 is 5.32 Å². The summed E-state index contributed by atoms with van der Waals surface area (Å²) in [5.74, 6) is 3.71. The summed E-state index contributed by atoms with van der Waals surface area (Å²) in [6.07, 6.45) is 0. The summed E-state index contributed by atoms with van der Waals surface area (Å²) in [5.41, 5.74) is 0.387. The Balaban J connectivity index is 2.68. The molecule has 1 rings (SSSR count). The number of carbonyl (C=O) groups excluding carboxylic acids is 1. The quantitative estimate of drug-likeness (QED) is 0.752. The predicted octanol–water partition coefficient (Wildman–Crippen LogP) is 1.31. The largest absolute Gasteiger partial charge is 0.324 e. The van der Waals surface area contributed by atoms with Gasteiger partial charge in [0.25, 0.3) is 5.91 Å². The van der Waals surface area contributed by atoms with Crippen molar-refractivity contribution in [3.63, 3.8) is 0 Å². The molecular formula is C8H8ClFN2O2. The van der Waals surface area contributed by atoms with Crippen molar-refractivity contribution in [3.8, 4) is 0 Å². The third-order valence-electron chi connectivity index (χ3n) is 1.42. The summed E-state index contributed by atoms with van der Waals surface area (Å²) in [4.78, 5) is 15.1. The first kappa shape index (κ1) is 10.9. The van der Waals surface area contributed by atoms with Gasteiger partial charge in [-0.05, 0) is 18.2 Å². The maximum Gasteiger partial charge on any atom is 0.252 e. The zero-order valence-corrected chi connectivity index (χ0v) is 7.84. The molecule has 0 aliphatic carbocycles. The number of rotatable bonds is 3. The summed E-state index contributed by atoms with van der Waals surface area (Å²) in [6, 6.07) is 3.84. The maximum atomic E-state index is 12.7. The fourth-order valence-electron chi connectivity index (χ4n) is 0.847. The summed E-state index contributed by atoms with van der Waals surface area (Å²) >= 11 is 5.49. The zero-order valence-electron chi connectivity index (χ0n) is 7.09. The second kappa shape index (κ2) is 4.90. The first-order valence-electron chi connectivity index (χ1n) is 3.70. The van der Waals surface area contributed by atoms with Gasteiger partial charge in [-0.1, -0.05) is 11.6 Å². The minimum Gasteiger partial charge on any atom is -0.324 e. The number of anilines is 1. The van der Waals surface area contributed by atoms with Crippen LogP contribution < -0.4 is 11.2 Å². The lowest BCUT2D eigenvalue weighted by atomic mass is 10.3. The van der Waals surface area contributed by atoms with Crippen molar-refractivity contribution in [2.24, 2.45) is 5.90 Å². The molecule has 0 atom stereocenters. The number of hydrogen-bond acceptors (Lipinski definition) is 3. The second-order valence-electron chi connectivity index (χ2n) is 2.49. The molecule has 0 heterocycles. The van der Waals surface area contributed by atoms with E-state index in [0.29, 0.717) is 5.69 Å². The lowest BCUT2D eigenvalue weighted by molar-refractivity contribution is -0.120. The first-order chi connectivity index (χ1) is 6.63. The van der Waals surface area contributed by atoms with Crippen molar-refractivity contribution in [2.75, 3.05) is 11.9 Å². The number of nitrogens with one attached hydrogen (secondary N) is 1. The summed E-state index contributed by atoms with van der Waals surface area (Å²) in [6.45, 7) is -0.269. The van der Waals surface area contributed by atoms with E-state index in [1.54, 1.807) is 0 Å². The Bertz CT molecular complexity index is 346. The SMILES string of the molecule is NOCC(=O)Nc1ccc(F)c(Cl)c1. The molecule has 0 aliphatic heterocycles. The Hall–Kier alpha value is -1.17. The van der Waals surface area contributed by atoms with Crippen LogP contribution in [0.15, 0.2) is 18.2 Å². The summed E-state index contributed by atoms with van der Waals surface area (Å²) in [5, 5.41) is 2.36. The van der Waals surface area contributed by atoms with E-state index >= 15 is 0 Å². The molecule has 0 bridgehead atoms. The van der Waals surface area contributed by atoms with Gasteiger partial charge in [-0.25, -0.2) is 10.3 Å². The van der Waals surface area contributed by atoms with E-state index in [1.807, 2.05) is 0 Å². The van der Waals surface area contributed by atoms with Crippen molar-refractivity contribution >= 4 is 23.2 Å². The van der Waals surface area contributed by atoms with Crippen molar-refractivity contribution in [1.29, 1.82) is 0 Å². The molecule has 76 valence electrons.